The lowest BCUT2D eigenvalue weighted by Crippen LogP contribution is -2.56. The maximum Gasteiger partial charge on any atom is 0.234 e. The molecule has 0 unspecified atom stereocenters. The lowest BCUT2D eigenvalue weighted by Gasteiger charge is -2.51. The van der Waals surface area contributed by atoms with Crippen molar-refractivity contribution in [2.45, 2.75) is 50.7 Å². The van der Waals surface area contributed by atoms with Gasteiger partial charge in [-0.15, -0.1) is 0 Å². The molecule has 0 spiro atoms. The molecule has 1 aliphatic carbocycles. The fourth-order valence-corrected chi connectivity index (χ4v) is 5.17. The summed E-state index contributed by atoms with van der Waals surface area (Å²) in [6, 6.07) is 11.9. The number of hydrogen-bond donors (Lipinski definition) is 2. The van der Waals surface area contributed by atoms with Gasteiger partial charge in [0.05, 0.1) is 31.6 Å². The van der Waals surface area contributed by atoms with Crippen molar-refractivity contribution in [3.8, 4) is 5.75 Å². The molecule has 0 bridgehead atoms. The van der Waals surface area contributed by atoms with E-state index in [0.717, 1.165) is 43.9 Å². The highest BCUT2D eigenvalue weighted by Crippen LogP contribution is 2.49. The predicted octanol–water partition coefficient (Wildman–Crippen LogP) is 3.32. The number of ether oxygens (including phenoxy) is 1. The minimum absolute atomic E-state index is 0.0149. The van der Waals surface area contributed by atoms with Crippen LogP contribution in [-0.4, -0.2) is 47.8 Å². The van der Waals surface area contributed by atoms with Crippen LogP contribution in [0.1, 0.15) is 49.8 Å². The van der Waals surface area contributed by atoms with E-state index >= 15 is 0 Å². The molecule has 2 aliphatic rings. The third kappa shape index (κ3) is 4.55. The van der Waals surface area contributed by atoms with E-state index in [2.05, 4.69) is 16.3 Å². The number of piperidine rings is 1. The molecule has 2 fully saturated rings. The summed E-state index contributed by atoms with van der Waals surface area (Å²) < 4.78 is 11.2. The van der Waals surface area contributed by atoms with E-state index in [0.29, 0.717) is 26.1 Å². The highest BCUT2D eigenvalue weighted by molar-refractivity contribution is 5.77. The summed E-state index contributed by atoms with van der Waals surface area (Å²) in [7, 11) is 0. The summed E-state index contributed by atoms with van der Waals surface area (Å²) in [5.74, 6) is 1.98. The van der Waals surface area contributed by atoms with Crippen LogP contribution in [0.2, 0.25) is 0 Å². The molecule has 1 saturated carbocycles. The quantitative estimate of drug-likeness (QED) is 0.730. The number of nitrogens with zero attached hydrogens (tertiary/aromatic N) is 1. The van der Waals surface area contributed by atoms with Crippen molar-refractivity contribution in [1.82, 2.24) is 10.2 Å². The van der Waals surface area contributed by atoms with E-state index in [-0.39, 0.29) is 17.7 Å². The van der Waals surface area contributed by atoms with Crippen LogP contribution in [0.4, 0.5) is 0 Å². The average Bonchev–Trinajstić information content (AvgIpc) is 3.27. The van der Waals surface area contributed by atoms with Crippen molar-refractivity contribution in [1.29, 1.82) is 0 Å². The Morgan fingerprint density at radius 3 is 2.97 bits per heavy atom. The molecule has 2 N–H and O–H groups in total. The van der Waals surface area contributed by atoms with Gasteiger partial charge in [0.2, 0.25) is 5.91 Å². The first kappa shape index (κ1) is 20.9. The zero-order valence-corrected chi connectivity index (χ0v) is 17.7. The normalized spacial score (nSPS) is 26.7. The van der Waals surface area contributed by atoms with Gasteiger partial charge in [-0.1, -0.05) is 18.2 Å². The van der Waals surface area contributed by atoms with Crippen molar-refractivity contribution in [3.63, 3.8) is 0 Å². The van der Waals surface area contributed by atoms with Gasteiger partial charge in [0, 0.05) is 19.0 Å². The number of hydrogen-bond acceptors (Lipinski definition) is 5. The van der Waals surface area contributed by atoms with Crippen molar-refractivity contribution in [3.05, 3.63) is 54.0 Å². The van der Waals surface area contributed by atoms with Gasteiger partial charge in [-0.3, -0.25) is 9.69 Å². The number of benzene rings is 1. The molecule has 0 radical (unpaired) electrons. The summed E-state index contributed by atoms with van der Waals surface area (Å²) in [4.78, 5) is 14.6. The number of carbonyl (C=O) groups is 1. The molecule has 1 aromatic heterocycles. The highest BCUT2D eigenvalue weighted by atomic mass is 16.5. The Morgan fingerprint density at radius 1 is 1.30 bits per heavy atom. The second-order valence-electron chi connectivity index (χ2n) is 8.52. The van der Waals surface area contributed by atoms with Gasteiger partial charge in [0.25, 0.3) is 0 Å². The van der Waals surface area contributed by atoms with Crippen LogP contribution in [0.3, 0.4) is 0 Å². The molecule has 3 atom stereocenters. The first-order valence-corrected chi connectivity index (χ1v) is 11.0. The van der Waals surface area contributed by atoms with E-state index in [1.165, 1.54) is 5.56 Å². The number of aliphatic hydroxyl groups is 1. The summed E-state index contributed by atoms with van der Waals surface area (Å²) >= 11 is 0. The number of rotatable bonds is 7. The molecule has 162 valence electrons. The first-order chi connectivity index (χ1) is 14.6. The molecule has 1 aliphatic heterocycles. The number of carbonyl (C=O) groups excluding carboxylic acids is 1. The van der Waals surface area contributed by atoms with Crippen molar-refractivity contribution >= 4 is 5.91 Å². The Balaban J connectivity index is 1.45. The summed E-state index contributed by atoms with van der Waals surface area (Å²) in [6.07, 6.45) is 5.20. The van der Waals surface area contributed by atoms with Crippen LogP contribution < -0.4 is 10.1 Å². The fraction of sp³-hybridized carbons (Fsp3) is 0.542. The molecule has 1 aromatic carbocycles. The van der Waals surface area contributed by atoms with E-state index in [1.807, 2.05) is 37.3 Å². The standard InChI is InChI=1S/C24H32N2O4/c1-2-29-22-10-4-3-8-20(22)19-9-5-11-24(28)12-13-26(16-21(19)24)17-23(27)25-15-18-7-6-14-30-18/h3-4,6-8,10,14,19,21,28H,2,5,9,11-13,15-17H2,1H3,(H,25,27)/t19-,21+,24+/m0/s1. The minimum Gasteiger partial charge on any atom is -0.494 e. The van der Waals surface area contributed by atoms with Crippen molar-refractivity contribution in [2.75, 3.05) is 26.2 Å². The van der Waals surface area contributed by atoms with Gasteiger partial charge in [-0.25, -0.2) is 0 Å². The van der Waals surface area contributed by atoms with Gasteiger partial charge in [-0.2, -0.15) is 0 Å². The van der Waals surface area contributed by atoms with Crippen LogP contribution >= 0.6 is 0 Å². The molecule has 1 saturated heterocycles. The lowest BCUT2D eigenvalue weighted by atomic mass is 9.63. The van der Waals surface area contributed by atoms with Gasteiger partial charge in [-0.05, 0) is 62.3 Å². The van der Waals surface area contributed by atoms with Gasteiger partial charge >= 0.3 is 0 Å². The Labute approximate surface area is 178 Å². The minimum atomic E-state index is -0.663. The predicted molar refractivity (Wildman–Crippen MR) is 114 cm³/mol. The Hall–Kier alpha value is -2.31. The number of fused-ring (bicyclic) bond motifs is 1. The lowest BCUT2D eigenvalue weighted by molar-refractivity contribution is -0.129. The molecule has 30 heavy (non-hydrogen) atoms. The SMILES string of the molecule is CCOc1ccccc1[C@@H]1CCC[C@@]2(O)CCN(CC(=O)NCc3ccco3)C[C@H]12. The van der Waals surface area contributed by atoms with E-state index in [1.54, 1.807) is 6.26 Å². The molecule has 6 nitrogen and oxygen atoms in total. The smallest absolute Gasteiger partial charge is 0.234 e. The Kier molecular flexibility index (Phi) is 6.44. The average molecular weight is 413 g/mol. The molecule has 6 heteroatoms. The van der Waals surface area contributed by atoms with E-state index in [9.17, 15) is 9.90 Å². The maximum absolute atomic E-state index is 12.5. The van der Waals surface area contributed by atoms with E-state index in [4.69, 9.17) is 9.15 Å². The summed E-state index contributed by atoms with van der Waals surface area (Å²) in [5.41, 5.74) is 0.523. The first-order valence-electron chi connectivity index (χ1n) is 11.0. The summed E-state index contributed by atoms with van der Waals surface area (Å²) in [5, 5.41) is 14.4. The van der Waals surface area contributed by atoms with Gasteiger partial charge < -0.3 is 19.6 Å². The van der Waals surface area contributed by atoms with Crippen LogP contribution in [0, 0.1) is 5.92 Å². The maximum atomic E-state index is 12.5. The number of para-hydroxylation sites is 1. The van der Waals surface area contributed by atoms with Crippen molar-refractivity contribution < 1.29 is 19.1 Å². The third-order valence-corrected chi connectivity index (χ3v) is 6.64. The number of furan rings is 1. The fourth-order valence-electron chi connectivity index (χ4n) is 5.17. The van der Waals surface area contributed by atoms with E-state index < -0.39 is 5.60 Å². The Morgan fingerprint density at radius 2 is 2.17 bits per heavy atom. The van der Waals surface area contributed by atoms with Crippen LogP contribution in [0.15, 0.2) is 47.1 Å². The molecule has 4 rings (SSSR count). The molecular formula is C24H32N2O4. The molecule has 2 heterocycles. The second kappa shape index (κ2) is 9.23. The number of nitrogens with one attached hydrogen (secondary N) is 1. The largest absolute Gasteiger partial charge is 0.494 e. The zero-order chi connectivity index (χ0) is 21.0. The summed E-state index contributed by atoms with van der Waals surface area (Å²) in [6.45, 7) is 4.82. The number of amides is 1. The molecular weight excluding hydrogens is 380 g/mol. The highest BCUT2D eigenvalue weighted by Gasteiger charge is 2.48. The van der Waals surface area contributed by atoms with Crippen molar-refractivity contribution in [2.24, 2.45) is 5.92 Å². The van der Waals surface area contributed by atoms with Crippen LogP contribution in [0.5, 0.6) is 5.75 Å². The monoisotopic (exact) mass is 412 g/mol. The van der Waals surface area contributed by atoms with Gasteiger partial charge in [0.15, 0.2) is 0 Å². The molecule has 2 aromatic rings. The topological polar surface area (TPSA) is 74.9 Å². The second-order valence-corrected chi connectivity index (χ2v) is 8.52. The Bertz CT molecular complexity index is 837. The molecule has 1 amide bonds. The zero-order valence-electron chi connectivity index (χ0n) is 17.7. The van der Waals surface area contributed by atoms with Gasteiger partial charge in [0.1, 0.15) is 11.5 Å². The van der Waals surface area contributed by atoms with Crippen LogP contribution in [-0.2, 0) is 11.3 Å². The third-order valence-electron chi connectivity index (χ3n) is 6.64. The number of likely N-dealkylation sites (tertiary alicyclic amines) is 1. The van der Waals surface area contributed by atoms with Crippen LogP contribution in [0.25, 0.3) is 0 Å².